The van der Waals surface area contributed by atoms with Gasteiger partial charge in [0.25, 0.3) is 10.1 Å². The molecule has 2 N–H and O–H groups in total. The average Bonchev–Trinajstić information content (AvgIpc) is 2.27. The molecule has 108 valence electrons. The molecule has 0 aromatic carbocycles. The lowest BCUT2D eigenvalue weighted by Gasteiger charge is -2.34. The van der Waals surface area contributed by atoms with Gasteiger partial charge in [0.05, 0.1) is 12.4 Å². The molecule has 0 aliphatic carbocycles. The van der Waals surface area contributed by atoms with E-state index in [2.05, 4.69) is 8.53 Å². The Labute approximate surface area is 109 Å². The van der Waals surface area contributed by atoms with Gasteiger partial charge in [-0.25, -0.2) is 0 Å². The third-order valence-electron chi connectivity index (χ3n) is 2.70. The molecule has 0 bridgehead atoms. The zero-order valence-corrected chi connectivity index (χ0v) is 11.5. The van der Waals surface area contributed by atoms with Crippen LogP contribution in [0.25, 0.3) is 0 Å². The van der Waals surface area contributed by atoms with Crippen molar-refractivity contribution < 1.29 is 25.9 Å². The molecule has 0 spiro atoms. The molecule has 1 aliphatic rings. The van der Waals surface area contributed by atoms with Crippen LogP contribution in [0.4, 0.5) is 0 Å². The third kappa shape index (κ3) is 6.18. The Hall–Kier alpha value is -0.100. The van der Waals surface area contributed by atoms with Crippen LogP contribution >= 0.6 is 0 Å². The number of piperazine rings is 1. The molecule has 1 heterocycles. The molecule has 1 fully saturated rings. The van der Waals surface area contributed by atoms with Crippen LogP contribution in [-0.2, 0) is 25.1 Å². The molecular formula is C8H18N2O6S2. The molecule has 1 saturated heterocycles. The predicted molar refractivity (Wildman–Crippen MR) is 65.6 cm³/mol. The molecule has 0 radical (unpaired) electrons. The lowest BCUT2D eigenvalue weighted by Crippen LogP contribution is -2.48. The molecule has 1 aliphatic heterocycles. The highest BCUT2D eigenvalue weighted by Gasteiger charge is 2.20. The van der Waals surface area contributed by atoms with E-state index in [-0.39, 0.29) is 18.9 Å². The van der Waals surface area contributed by atoms with Crippen molar-refractivity contribution in [1.82, 2.24) is 9.80 Å². The molecule has 8 nitrogen and oxygen atoms in total. The van der Waals surface area contributed by atoms with E-state index >= 15 is 0 Å². The van der Waals surface area contributed by atoms with E-state index in [0.717, 1.165) is 13.1 Å². The van der Waals surface area contributed by atoms with Gasteiger partial charge in [-0.3, -0.25) is 14.4 Å². The Balaban J connectivity index is 2.27. The third-order valence-corrected chi connectivity index (χ3v) is 4.68. The fraction of sp³-hybridized carbons (Fsp3) is 1.00. The summed E-state index contributed by atoms with van der Waals surface area (Å²) in [6.45, 7) is 3.96. The molecule has 0 aromatic rings. The van der Waals surface area contributed by atoms with Crippen LogP contribution in [0, 0.1) is 0 Å². The van der Waals surface area contributed by atoms with Gasteiger partial charge in [-0.05, 0) is 0 Å². The maximum absolute atomic E-state index is 11.2. The van der Waals surface area contributed by atoms with Crippen LogP contribution in [0.3, 0.4) is 0 Å². The minimum absolute atomic E-state index is 0.116. The SMILES string of the molecule is O=S(O)OS(=O)(=O)CCN1CCN(CCO)CC1. The normalized spacial score (nSPS) is 21.0. The fourth-order valence-electron chi connectivity index (χ4n) is 1.74. The van der Waals surface area contributed by atoms with Gasteiger partial charge < -0.3 is 5.11 Å². The van der Waals surface area contributed by atoms with Crippen LogP contribution in [0.5, 0.6) is 0 Å². The molecule has 0 saturated carbocycles. The van der Waals surface area contributed by atoms with E-state index in [1.54, 1.807) is 0 Å². The second-order valence-corrected chi connectivity index (χ2v) is 6.46. The number of aliphatic hydroxyl groups excluding tert-OH is 1. The van der Waals surface area contributed by atoms with Gasteiger partial charge in [0.1, 0.15) is 0 Å². The first kappa shape index (κ1) is 16.0. The summed E-state index contributed by atoms with van der Waals surface area (Å²) in [6.07, 6.45) is 0. The first-order chi connectivity index (χ1) is 8.43. The lowest BCUT2D eigenvalue weighted by molar-refractivity contribution is 0.116. The highest BCUT2D eigenvalue weighted by Crippen LogP contribution is 2.03. The van der Waals surface area contributed by atoms with Gasteiger partial charge in [-0.1, -0.05) is 0 Å². The summed E-state index contributed by atoms with van der Waals surface area (Å²) in [5.74, 6) is -0.306. The fourth-order valence-corrected chi connectivity index (χ4v) is 3.20. The molecule has 1 unspecified atom stereocenters. The van der Waals surface area contributed by atoms with Crippen LogP contribution in [0.1, 0.15) is 0 Å². The smallest absolute Gasteiger partial charge is 0.317 e. The minimum Gasteiger partial charge on any atom is -0.395 e. The summed E-state index contributed by atoms with van der Waals surface area (Å²) in [4.78, 5) is 4.03. The molecule has 0 aromatic heterocycles. The molecule has 18 heavy (non-hydrogen) atoms. The van der Waals surface area contributed by atoms with Crippen molar-refractivity contribution in [3.63, 3.8) is 0 Å². The molecule has 10 heteroatoms. The van der Waals surface area contributed by atoms with Gasteiger partial charge in [0.15, 0.2) is 0 Å². The first-order valence-electron chi connectivity index (χ1n) is 5.52. The van der Waals surface area contributed by atoms with E-state index in [9.17, 15) is 12.6 Å². The van der Waals surface area contributed by atoms with Gasteiger partial charge >= 0.3 is 11.4 Å². The monoisotopic (exact) mass is 302 g/mol. The van der Waals surface area contributed by atoms with Crippen LogP contribution in [0.15, 0.2) is 0 Å². The standard InChI is InChI=1S/C8H18N2O6S2/c11-7-5-9-1-3-10(4-2-9)6-8-18(14,15)16-17(12)13/h11H,1-8H2,(H,12,13). The summed E-state index contributed by atoms with van der Waals surface area (Å²) in [5, 5.41) is 8.77. The lowest BCUT2D eigenvalue weighted by atomic mass is 10.3. The van der Waals surface area contributed by atoms with Crippen molar-refractivity contribution in [2.75, 3.05) is 51.6 Å². The second-order valence-electron chi connectivity index (χ2n) is 3.95. The second kappa shape index (κ2) is 7.48. The van der Waals surface area contributed by atoms with Gasteiger partial charge in [0.2, 0.25) is 0 Å². The van der Waals surface area contributed by atoms with Crippen molar-refractivity contribution in [1.29, 1.82) is 0 Å². The minimum atomic E-state index is -3.95. The van der Waals surface area contributed by atoms with E-state index < -0.39 is 21.5 Å². The van der Waals surface area contributed by atoms with Gasteiger partial charge in [-0.15, -0.1) is 3.63 Å². The van der Waals surface area contributed by atoms with E-state index in [0.29, 0.717) is 19.6 Å². The number of aliphatic hydroxyl groups is 1. The Kier molecular flexibility index (Phi) is 6.63. The topological polar surface area (TPSA) is 107 Å². The van der Waals surface area contributed by atoms with Crippen LogP contribution in [0.2, 0.25) is 0 Å². The zero-order valence-electron chi connectivity index (χ0n) is 9.90. The van der Waals surface area contributed by atoms with Crippen molar-refractivity contribution in [2.45, 2.75) is 0 Å². The Morgan fingerprint density at radius 2 is 1.61 bits per heavy atom. The first-order valence-corrected chi connectivity index (χ1v) is 8.13. The van der Waals surface area contributed by atoms with Crippen molar-refractivity contribution in [3.8, 4) is 0 Å². The summed E-state index contributed by atoms with van der Waals surface area (Å²) in [6, 6.07) is 0. The maximum Gasteiger partial charge on any atom is 0.317 e. The summed E-state index contributed by atoms with van der Waals surface area (Å²) < 4.78 is 44.9. The van der Waals surface area contributed by atoms with Crippen molar-refractivity contribution in [2.24, 2.45) is 0 Å². The Morgan fingerprint density at radius 1 is 1.11 bits per heavy atom. The molecule has 1 atom stereocenters. The molecular weight excluding hydrogens is 284 g/mol. The van der Waals surface area contributed by atoms with Crippen molar-refractivity contribution in [3.05, 3.63) is 0 Å². The van der Waals surface area contributed by atoms with Crippen LogP contribution < -0.4 is 0 Å². The van der Waals surface area contributed by atoms with Crippen molar-refractivity contribution >= 4 is 21.5 Å². The quantitative estimate of drug-likeness (QED) is 0.524. The highest BCUT2D eigenvalue weighted by atomic mass is 32.3. The number of rotatable bonds is 7. The van der Waals surface area contributed by atoms with E-state index in [1.807, 2.05) is 4.90 Å². The Bertz CT molecular complexity index is 366. The molecule has 1 rings (SSSR count). The largest absolute Gasteiger partial charge is 0.395 e. The van der Waals surface area contributed by atoms with Gasteiger partial charge in [0, 0.05) is 39.3 Å². The number of β-amino-alcohol motifs (C(OH)–C–C–N with tert-alkyl or cyclic N) is 1. The number of hydrogen-bond donors (Lipinski definition) is 2. The predicted octanol–water partition coefficient (Wildman–Crippen LogP) is -1.92. The summed E-state index contributed by atoms with van der Waals surface area (Å²) in [7, 11) is -3.95. The Morgan fingerprint density at radius 3 is 2.06 bits per heavy atom. The average molecular weight is 302 g/mol. The zero-order chi connectivity index (χ0) is 13.6. The highest BCUT2D eigenvalue weighted by molar-refractivity contribution is 7.95. The summed E-state index contributed by atoms with van der Waals surface area (Å²) >= 11 is -2.79. The number of nitrogens with zero attached hydrogens (tertiary/aromatic N) is 2. The summed E-state index contributed by atoms with van der Waals surface area (Å²) in [5.41, 5.74) is 0. The van der Waals surface area contributed by atoms with Crippen LogP contribution in [-0.4, -0.2) is 83.7 Å². The van der Waals surface area contributed by atoms with E-state index in [1.165, 1.54) is 0 Å². The van der Waals surface area contributed by atoms with E-state index in [4.69, 9.17) is 9.66 Å². The number of hydrogen-bond acceptors (Lipinski definition) is 7. The molecule has 0 amide bonds. The maximum atomic E-state index is 11.2. The van der Waals surface area contributed by atoms with Gasteiger partial charge in [-0.2, -0.15) is 12.6 Å².